The van der Waals surface area contributed by atoms with Gasteiger partial charge in [-0.25, -0.2) is 0 Å². The molecule has 0 aromatic carbocycles. The van der Waals surface area contributed by atoms with E-state index >= 15 is 0 Å². The molecule has 4 heteroatoms. The van der Waals surface area contributed by atoms with Crippen LogP contribution in [-0.2, 0) is 13.3 Å². The molecule has 0 unspecified atom stereocenters. The topological polar surface area (TPSA) is 27.7 Å². The third-order valence-electron chi connectivity index (χ3n) is 3.42. The fourth-order valence-corrected chi connectivity index (χ4v) is 5.98. The van der Waals surface area contributed by atoms with Gasteiger partial charge in [-0.15, -0.1) is 0 Å². The minimum atomic E-state index is -2.57. The fourth-order valence-electron chi connectivity index (χ4n) is 2.65. The lowest BCUT2D eigenvalue weighted by molar-refractivity contribution is -0.00161. The van der Waals surface area contributed by atoms with Crippen molar-refractivity contribution in [3.8, 4) is 0 Å². The molecule has 1 aliphatic carbocycles. The number of hydrogen-bond acceptors (Lipinski definition) is 3. The van der Waals surface area contributed by atoms with Crippen molar-refractivity contribution >= 4 is 8.80 Å². The van der Waals surface area contributed by atoms with Crippen LogP contribution in [-0.4, -0.2) is 28.6 Å². The second-order valence-electron chi connectivity index (χ2n) is 5.95. The van der Waals surface area contributed by atoms with Gasteiger partial charge in [0.15, 0.2) is 0 Å². The summed E-state index contributed by atoms with van der Waals surface area (Å²) in [6.45, 7) is 8.44. The zero-order valence-electron chi connectivity index (χ0n) is 11.6. The molecule has 0 radical (unpaired) electrons. The summed E-state index contributed by atoms with van der Waals surface area (Å²) < 4.78 is 17.7. The smallest absolute Gasteiger partial charge is 0.376 e. The van der Waals surface area contributed by atoms with Gasteiger partial charge in [-0.2, -0.15) is 0 Å². The van der Waals surface area contributed by atoms with Gasteiger partial charge < -0.3 is 13.3 Å². The summed E-state index contributed by atoms with van der Waals surface area (Å²) in [6.07, 6.45) is 4.81. The maximum absolute atomic E-state index is 6.21. The van der Waals surface area contributed by atoms with E-state index < -0.39 is 8.80 Å². The van der Waals surface area contributed by atoms with Crippen molar-refractivity contribution in [1.82, 2.24) is 0 Å². The van der Waals surface area contributed by atoms with Crippen LogP contribution in [0.25, 0.3) is 0 Å². The second kappa shape index (κ2) is 4.76. The van der Waals surface area contributed by atoms with Crippen molar-refractivity contribution < 1.29 is 13.3 Å². The van der Waals surface area contributed by atoms with Gasteiger partial charge >= 0.3 is 8.80 Å². The van der Waals surface area contributed by atoms with E-state index in [4.69, 9.17) is 13.3 Å². The van der Waals surface area contributed by atoms with E-state index in [0.717, 1.165) is 12.8 Å². The molecular formula is C12H26O3Si. The first-order valence-corrected chi connectivity index (χ1v) is 7.81. The molecule has 3 nitrogen and oxygen atoms in total. The molecule has 0 aliphatic heterocycles. The van der Waals surface area contributed by atoms with E-state index in [-0.39, 0.29) is 10.6 Å². The Balaban J connectivity index is 2.95. The molecule has 0 saturated heterocycles. The maximum atomic E-state index is 6.21. The average molecular weight is 246 g/mol. The average Bonchev–Trinajstić information content (AvgIpc) is 2.61. The van der Waals surface area contributed by atoms with Crippen molar-refractivity contribution in [2.45, 2.75) is 64.0 Å². The molecule has 1 fully saturated rings. The van der Waals surface area contributed by atoms with Crippen LogP contribution in [0.5, 0.6) is 0 Å². The molecule has 0 atom stereocenters. The number of hydrogen-bond donors (Lipinski definition) is 0. The first-order valence-electron chi connectivity index (χ1n) is 6.09. The van der Waals surface area contributed by atoms with Crippen LogP contribution in [0.2, 0.25) is 5.04 Å². The van der Waals surface area contributed by atoms with Crippen LogP contribution in [0.1, 0.15) is 53.4 Å². The minimum absolute atomic E-state index is 0.0871. The first kappa shape index (κ1) is 14.2. The third-order valence-corrected chi connectivity index (χ3v) is 7.36. The zero-order chi connectivity index (χ0) is 12.4. The highest BCUT2D eigenvalue weighted by atomic mass is 28.4. The van der Waals surface area contributed by atoms with E-state index in [9.17, 15) is 0 Å². The van der Waals surface area contributed by atoms with Crippen molar-refractivity contribution in [2.75, 3.05) is 14.2 Å². The summed E-state index contributed by atoms with van der Waals surface area (Å²) in [5, 5.41) is 0.0871. The molecule has 0 amide bonds. The van der Waals surface area contributed by atoms with Gasteiger partial charge in [0.05, 0.1) is 5.60 Å². The molecule has 1 aliphatic rings. The Bertz CT molecular complexity index is 225. The standard InChI is InChI=1S/C12H26O3Si/c1-11(2,3)15-16(13-5,14-6)12(4)9-7-8-10-12/h7-10H2,1-6H3. The summed E-state index contributed by atoms with van der Waals surface area (Å²) >= 11 is 0. The Morgan fingerprint density at radius 2 is 1.44 bits per heavy atom. The normalized spacial score (nSPS) is 21.4. The third kappa shape index (κ3) is 2.67. The molecule has 1 saturated carbocycles. The zero-order valence-corrected chi connectivity index (χ0v) is 12.6. The summed E-state index contributed by atoms with van der Waals surface area (Å²) in [4.78, 5) is 0. The highest BCUT2D eigenvalue weighted by Gasteiger charge is 2.59. The molecular weight excluding hydrogens is 220 g/mol. The van der Waals surface area contributed by atoms with E-state index in [1.54, 1.807) is 14.2 Å². The summed E-state index contributed by atoms with van der Waals surface area (Å²) in [5.41, 5.74) is -0.218. The van der Waals surface area contributed by atoms with Gasteiger partial charge in [-0.1, -0.05) is 19.8 Å². The Labute approximate surface area is 101 Å². The lowest BCUT2D eigenvalue weighted by atomic mass is 10.1. The number of rotatable bonds is 4. The molecule has 16 heavy (non-hydrogen) atoms. The van der Waals surface area contributed by atoms with E-state index in [1.165, 1.54) is 12.8 Å². The van der Waals surface area contributed by atoms with Crippen LogP contribution in [0.4, 0.5) is 0 Å². The fraction of sp³-hybridized carbons (Fsp3) is 1.00. The van der Waals surface area contributed by atoms with Crippen LogP contribution < -0.4 is 0 Å². The summed E-state index contributed by atoms with van der Waals surface area (Å²) in [7, 11) is 0.884. The summed E-state index contributed by atoms with van der Waals surface area (Å²) in [5.74, 6) is 0. The monoisotopic (exact) mass is 246 g/mol. The van der Waals surface area contributed by atoms with Crippen LogP contribution >= 0.6 is 0 Å². The maximum Gasteiger partial charge on any atom is 0.507 e. The van der Waals surface area contributed by atoms with Crippen molar-refractivity contribution in [1.29, 1.82) is 0 Å². The van der Waals surface area contributed by atoms with Crippen LogP contribution in [0.3, 0.4) is 0 Å². The Hall–Kier alpha value is 0.0969. The van der Waals surface area contributed by atoms with Crippen molar-refractivity contribution in [3.63, 3.8) is 0 Å². The second-order valence-corrected chi connectivity index (χ2v) is 9.29. The van der Waals surface area contributed by atoms with Crippen molar-refractivity contribution in [3.05, 3.63) is 0 Å². The lowest BCUT2D eigenvalue weighted by Gasteiger charge is -2.43. The molecule has 0 aromatic rings. The van der Waals surface area contributed by atoms with E-state index in [1.807, 2.05) is 0 Å². The van der Waals surface area contributed by atoms with Gasteiger partial charge in [0.2, 0.25) is 0 Å². The SMILES string of the molecule is CO[Si](OC)(OC(C)(C)C)C1(C)CCCC1. The first-order chi connectivity index (χ1) is 7.29. The molecule has 96 valence electrons. The quantitative estimate of drug-likeness (QED) is 0.712. The molecule has 0 bridgehead atoms. The van der Waals surface area contributed by atoms with Crippen LogP contribution in [0.15, 0.2) is 0 Å². The van der Waals surface area contributed by atoms with Gasteiger partial charge in [-0.3, -0.25) is 0 Å². The Morgan fingerprint density at radius 3 is 1.75 bits per heavy atom. The predicted octanol–water partition coefficient (Wildman–Crippen LogP) is 3.37. The molecule has 0 aromatic heterocycles. The van der Waals surface area contributed by atoms with Crippen LogP contribution in [0, 0.1) is 0 Å². The van der Waals surface area contributed by atoms with Gasteiger partial charge in [0.25, 0.3) is 0 Å². The molecule has 0 N–H and O–H groups in total. The predicted molar refractivity (Wildman–Crippen MR) is 67.4 cm³/mol. The van der Waals surface area contributed by atoms with Crippen molar-refractivity contribution in [2.24, 2.45) is 0 Å². The van der Waals surface area contributed by atoms with Gasteiger partial charge in [0.1, 0.15) is 0 Å². The van der Waals surface area contributed by atoms with Gasteiger partial charge in [0, 0.05) is 19.3 Å². The van der Waals surface area contributed by atoms with E-state index in [2.05, 4.69) is 27.7 Å². The Morgan fingerprint density at radius 1 is 1.00 bits per heavy atom. The minimum Gasteiger partial charge on any atom is -0.376 e. The van der Waals surface area contributed by atoms with E-state index in [0.29, 0.717) is 0 Å². The largest absolute Gasteiger partial charge is 0.507 e. The summed E-state index contributed by atoms with van der Waals surface area (Å²) in [6, 6.07) is 0. The molecule has 1 rings (SSSR count). The lowest BCUT2D eigenvalue weighted by Crippen LogP contribution is -2.56. The Kier molecular flexibility index (Phi) is 4.22. The van der Waals surface area contributed by atoms with Gasteiger partial charge in [-0.05, 0) is 33.6 Å². The highest BCUT2D eigenvalue weighted by molar-refractivity contribution is 6.64. The molecule has 0 spiro atoms. The molecule has 0 heterocycles. The highest BCUT2D eigenvalue weighted by Crippen LogP contribution is 2.53.